The summed E-state index contributed by atoms with van der Waals surface area (Å²) in [7, 11) is 0. The van der Waals surface area contributed by atoms with Gasteiger partial charge in [0.1, 0.15) is 17.1 Å². The molecule has 6 heteroatoms. The average Bonchev–Trinajstić information content (AvgIpc) is 2.76. The van der Waals surface area contributed by atoms with Crippen LogP contribution in [0, 0.1) is 12.7 Å². The summed E-state index contributed by atoms with van der Waals surface area (Å²) in [5.41, 5.74) is 3.52. The molecule has 1 aliphatic heterocycles. The fraction of sp³-hybridized carbons (Fsp3) is 0.125. The van der Waals surface area contributed by atoms with Crippen molar-refractivity contribution in [3.05, 3.63) is 93.1 Å². The zero-order valence-electron chi connectivity index (χ0n) is 16.1. The molecule has 0 bridgehead atoms. The third-order valence-corrected chi connectivity index (χ3v) is 5.64. The highest BCUT2D eigenvalue weighted by Crippen LogP contribution is 2.42. The summed E-state index contributed by atoms with van der Waals surface area (Å²) < 4.78 is 25.6. The predicted molar refractivity (Wildman–Crippen MR) is 116 cm³/mol. The number of aryl methyl sites for hydroxylation is 1. The molecule has 0 spiro atoms. The van der Waals surface area contributed by atoms with E-state index >= 15 is 0 Å². The Balaban J connectivity index is 1.69. The van der Waals surface area contributed by atoms with Crippen molar-refractivity contribution >= 4 is 28.3 Å². The standard InChI is InChI=1S/C24H17ClFNO3/c1-14-7-8-16(9-21(14)26)27-12-19-23-18(10-20(25)24(19)29-13-27)17(11-22(28)30-23)15-5-3-2-4-6-15/h2-11H,12-13H2,1H3. The second kappa shape index (κ2) is 7.18. The molecule has 5 rings (SSSR count). The van der Waals surface area contributed by atoms with Crippen LogP contribution in [0.2, 0.25) is 5.02 Å². The van der Waals surface area contributed by atoms with Gasteiger partial charge in [-0.15, -0.1) is 0 Å². The minimum atomic E-state index is -0.454. The van der Waals surface area contributed by atoms with Crippen molar-refractivity contribution in [3.8, 4) is 16.9 Å². The van der Waals surface area contributed by atoms with Gasteiger partial charge < -0.3 is 14.1 Å². The molecule has 150 valence electrons. The first-order valence-electron chi connectivity index (χ1n) is 9.50. The maximum atomic E-state index is 14.1. The van der Waals surface area contributed by atoms with Crippen molar-refractivity contribution in [3.63, 3.8) is 0 Å². The second-order valence-corrected chi connectivity index (χ2v) is 7.70. The van der Waals surface area contributed by atoms with Gasteiger partial charge in [-0.3, -0.25) is 0 Å². The number of nitrogens with zero attached hydrogens (tertiary/aromatic N) is 1. The number of hydrogen-bond acceptors (Lipinski definition) is 4. The van der Waals surface area contributed by atoms with Gasteiger partial charge in [-0.25, -0.2) is 9.18 Å². The van der Waals surface area contributed by atoms with E-state index in [1.165, 1.54) is 12.1 Å². The van der Waals surface area contributed by atoms with Crippen molar-refractivity contribution in [2.24, 2.45) is 0 Å². The third-order valence-electron chi connectivity index (χ3n) is 5.35. The van der Waals surface area contributed by atoms with Crippen molar-refractivity contribution in [1.82, 2.24) is 0 Å². The van der Waals surface area contributed by atoms with E-state index in [2.05, 4.69) is 0 Å². The molecule has 0 unspecified atom stereocenters. The summed E-state index contributed by atoms with van der Waals surface area (Å²) >= 11 is 6.54. The number of benzene rings is 3. The van der Waals surface area contributed by atoms with Gasteiger partial charge in [-0.2, -0.15) is 0 Å². The van der Waals surface area contributed by atoms with E-state index in [-0.39, 0.29) is 12.5 Å². The van der Waals surface area contributed by atoms with Gasteiger partial charge in [0.2, 0.25) is 0 Å². The number of fused-ring (bicyclic) bond motifs is 3. The van der Waals surface area contributed by atoms with Crippen molar-refractivity contribution in [2.75, 3.05) is 11.6 Å². The van der Waals surface area contributed by atoms with E-state index in [9.17, 15) is 9.18 Å². The van der Waals surface area contributed by atoms with Crippen LogP contribution in [0.3, 0.4) is 0 Å². The van der Waals surface area contributed by atoms with Crippen molar-refractivity contribution in [1.29, 1.82) is 0 Å². The number of rotatable bonds is 2. The van der Waals surface area contributed by atoms with Gasteiger partial charge in [0.25, 0.3) is 0 Å². The molecule has 1 aromatic heterocycles. The summed E-state index contributed by atoms with van der Waals surface area (Å²) in [6.45, 7) is 2.30. The van der Waals surface area contributed by atoms with Gasteiger partial charge in [-0.1, -0.05) is 48.0 Å². The maximum Gasteiger partial charge on any atom is 0.336 e. The lowest BCUT2D eigenvalue weighted by Crippen LogP contribution is -2.32. The Morgan fingerprint density at radius 2 is 1.87 bits per heavy atom. The van der Waals surface area contributed by atoms with Gasteiger partial charge >= 0.3 is 5.63 Å². The van der Waals surface area contributed by atoms with Crippen LogP contribution in [0.5, 0.6) is 5.75 Å². The van der Waals surface area contributed by atoms with Crippen LogP contribution in [0.4, 0.5) is 10.1 Å². The molecular weight excluding hydrogens is 405 g/mol. The Morgan fingerprint density at radius 1 is 1.07 bits per heavy atom. The fourth-order valence-electron chi connectivity index (χ4n) is 3.79. The minimum absolute atomic E-state index is 0.212. The first-order valence-corrected chi connectivity index (χ1v) is 9.87. The Labute approximate surface area is 177 Å². The van der Waals surface area contributed by atoms with Crippen LogP contribution in [0.25, 0.3) is 22.1 Å². The van der Waals surface area contributed by atoms with Crippen LogP contribution < -0.4 is 15.3 Å². The number of halogens is 2. The SMILES string of the molecule is Cc1ccc(N2COc3c(Cl)cc4c(-c5ccccc5)cc(=O)oc4c3C2)cc1F. The highest BCUT2D eigenvalue weighted by molar-refractivity contribution is 6.33. The molecule has 30 heavy (non-hydrogen) atoms. The molecule has 0 amide bonds. The van der Waals surface area contributed by atoms with Crippen molar-refractivity contribution < 1.29 is 13.5 Å². The lowest BCUT2D eigenvalue weighted by Gasteiger charge is -2.31. The Kier molecular flexibility index (Phi) is 4.48. The van der Waals surface area contributed by atoms with E-state index < -0.39 is 5.63 Å². The molecule has 2 heterocycles. The monoisotopic (exact) mass is 421 g/mol. The lowest BCUT2D eigenvalue weighted by molar-refractivity contribution is 0.289. The molecule has 0 N–H and O–H groups in total. The quantitative estimate of drug-likeness (QED) is 0.377. The van der Waals surface area contributed by atoms with E-state index in [1.54, 1.807) is 19.1 Å². The second-order valence-electron chi connectivity index (χ2n) is 7.29. The normalized spacial score (nSPS) is 13.2. The predicted octanol–water partition coefficient (Wildman–Crippen LogP) is 5.92. The summed E-state index contributed by atoms with van der Waals surface area (Å²) in [6.07, 6.45) is 0. The fourth-order valence-corrected chi connectivity index (χ4v) is 4.07. The van der Waals surface area contributed by atoms with Gasteiger partial charge in [0.15, 0.2) is 6.73 Å². The summed E-state index contributed by atoms with van der Waals surface area (Å²) in [4.78, 5) is 14.2. The molecule has 0 fully saturated rings. The topological polar surface area (TPSA) is 42.7 Å². The molecular formula is C24H17ClFNO3. The lowest BCUT2D eigenvalue weighted by atomic mass is 9.99. The first-order chi connectivity index (χ1) is 14.5. The van der Waals surface area contributed by atoms with Crippen molar-refractivity contribution in [2.45, 2.75) is 13.5 Å². The number of anilines is 1. The van der Waals surface area contributed by atoms with Crippen LogP contribution in [0.15, 0.2) is 69.9 Å². The van der Waals surface area contributed by atoms with Gasteiger partial charge in [0.05, 0.1) is 17.1 Å². The van der Waals surface area contributed by atoms with E-state index in [0.29, 0.717) is 39.7 Å². The molecule has 0 saturated heterocycles. The van der Waals surface area contributed by atoms with E-state index in [1.807, 2.05) is 41.3 Å². The largest absolute Gasteiger partial charge is 0.471 e. The third kappa shape index (κ3) is 3.12. The Hall–Kier alpha value is -3.31. The highest BCUT2D eigenvalue weighted by Gasteiger charge is 2.26. The zero-order chi connectivity index (χ0) is 20.8. The van der Waals surface area contributed by atoms with Crippen LogP contribution in [0.1, 0.15) is 11.1 Å². The Bertz CT molecular complexity index is 1330. The number of hydrogen-bond donors (Lipinski definition) is 0. The van der Waals surface area contributed by atoms with Gasteiger partial charge in [0, 0.05) is 17.1 Å². The maximum absolute atomic E-state index is 14.1. The molecule has 4 nitrogen and oxygen atoms in total. The summed E-state index contributed by atoms with van der Waals surface area (Å²) in [5, 5.41) is 1.17. The van der Waals surface area contributed by atoms with E-state index in [4.69, 9.17) is 20.8 Å². The zero-order valence-corrected chi connectivity index (χ0v) is 16.9. The van der Waals surface area contributed by atoms with Crippen LogP contribution in [-0.4, -0.2) is 6.73 Å². The number of ether oxygens (including phenoxy) is 1. The summed E-state index contributed by atoms with van der Waals surface area (Å²) in [5.74, 6) is 0.202. The minimum Gasteiger partial charge on any atom is -0.471 e. The molecule has 0 saturated carbocycles. The molecule has 4 aromatic rings. The smallest absolute Gasteiger partial charge is 0.336 e. The molecule has 0 atom stereocenters. The molecule has 0 aliphatic carbocycles. The summed E-state index contributed by atoms with van der Waals surface area (Å²) in [6, 6.07) is 17.9. The molecule has 3 aromatic carbocycles. The average molecular weight is 422 g/mol. The Morgan fingerprint density at radius 3 is 2.63 bits per heavy atom. The van der Waals surface area contributed by atoms with Crippen LogP contribution in [-0.2, 0) is 6.54 Å². The highest BCUT2D eigenvalue weighted by atomic mass is 35.5. The first kappa shape index (κ1) is 18.7. The van der Waals surface area contributed by atoms with E-state index in [0.717, 1.165) is 16.5 Å². The molecule has 0 radical (unpaired) electrons. The van der Waals surface area contributed by atoms with Gasteiger partial charge in [-0.05, 0) is 41.8 Å². The van der Waals surface area contributed by atoms with Crippen LogP contribution >= 0.6 is 11.6 Å². The molecule has 1 aliphatic rings.